The van der Waals surface area contributed by atoms with Gasteiger partial charge in [0.15, 0.2) is 5.43 Å². The molecule has 2 aromatic carbocycles. The van der Waals surface area contributed by atoms with Crippen LogP contribution >= 0.6 is 0 Å². The summed E-state index contributed by atoms with van der Waals surface area (Å²) in [6.07, 6.45) is 0. The van der Waals surface area contributed by atoms with Crippen LogP contribution in [0, 0.1) is 69.2 Å². The first-order valence-electron chi connectivity index (χ1n) is 11.0. The van der Waals surface area contributed by atoms with Gasteiger partial charge in [-0.3, -0.25) is 4.79 Å². The highest BCUT2D eigenvalue weighted by atomic mass is 16.3. The van der Waals surface area contributed by atoms with E-state index in [0.717, 1.165) is 27.7 Å². The molecule has 0 radical (unpaired) electrons. The van der Waals surface area contributed by atoms with Crippen molar-refractivity contribution >= 4 is 11.0 Å². The third kappa shape index (κ3) is 2.88. The molecule has 0 unspecified atom stereocenters. The van der Waals surface area contributed by atoms with E-state index in [-0.39, 0.29) is 5.43 Å². The predicted molar refractivity (Wildman–Crippen MR) is 132 cm³/mol. The molecule has 0 amide bonds. The third-order valence-electron chi connectivity index (χ3n) is 7.74. The lowest BCUT2D eigenvalue weighted by atomic mass is 9.81. The first-order valence-corrected chi connectivity index (χ1v) is 11.0. The summed E-state index contributed by atoms with van der Waals surface area (Å²) >= 11 is 0. The molecule has 0 saturated carbocycles. The van der Waals surface area contributed by atoms with E-state index >= 15 is 0 Å². The smallest absolute Gasteiger partial charge is 0.188 e. The largest absolute Gasteiger partial charge is 0.455 e. The Balaban J connectivity index is 2.39. The minimum Gasteiger partial charge on any atom is -0.455 e. The fourth-order valence-corrected chi connectivity index (χ4v) is 5.03. The van der Waals surface area contributed by atoms with Crippen LogP contribution in [0.2, 0.25) is 0 Å². The van der Waals surface area contributed by atoms with Crippen LogP contribution in [0.15, 0.2) is 21.3 Å². The Kier molecular flexibility index (Phi) is 4.88. The SMILES string of the molecule is Cc1cc2c(-c3c(C)c(C)c(C)c(C)c3C)c3cc(C)c(=O)c(C)c-3oc2c(C)c1C. The lowest BCUT2D eigenvalue weighted by Crippen LogP contribution is -2.12. The van der Waals surface area contributed by atoms with Gasteiger partial charge in [-0.1, -0.05) is 0 Å². The van der Waals surface area contributed by atoms with Crippen molar-refractivity contribution in [2.24, 2.45) is 0 Å². The monoisotopic (exact) mass is 412 g/mol. The number of fused-ring (bicyclic) bond motifs is 2. The van der Waals surface area contributed by atoms with Crippen molar-refractivity contribution in [3.8, 4) is 22.5 Å². The quantitative estimate of drug-likeness (QED) is 0.301. The summed E-state index contributed by atoms with van der Waals surface area (Å²) in [5, 5.41) is 1.12. The zero-order valence-electron chi connectivity index (χ0n) is 20.5. The van der Waals surface area contributed by atoms with E-state index in [1.807, 2.05) is 19.9 Å². The second kappa shape index (κ2) is 7.09. The first-order chi connectivity index (χ1) is 14.5. The number of benzene rings is 3. The summed E-state index contributed by atoms with van der Waals surface area (Å²) in [5.74, 6) is 0.708. The maximum Gasteiger partial charge on any atom is 0.188 e. The standard InChI is InChI=1S/C29H32O2/c1-13-11-23-26(25-19(7)17(5)16(4)18(6)20(25)8)24-12-14(2)27(30)22(10)29(24)31-28(23)21(9)15(13)3/h11-12H,1-10H3. The molecule has 2 aromatic rings. The van der Waals surface area contributed by atoms with Gasteiger partial charge in [0.05, 0.1) is 0 Å². The number of rotatable bonds is 1. The minimum atomic E-state index is 0.0627. The van der Waals surface area contributed by atoms with E-state index in [1.54, 1.807) is 0 Å². The van der Waals surface area contributed by atoms with Crippen LogP contribution < -0.4 is 5.43 Å². The predicted octanol–water partition coefficient (Wildman–Crippen LogP) is 7.65. The van der Waals surface area contributed by atoms with Crippen LogP contribution in [0.3, 0.4) is 0 Å². The summed E-state index contributed by atoms with van der Waals surface area (Å²) in [6.45, 7) is 21.3. The van der Waals surface area contributed by atoms with E-state index in [0.29, 0.717) is 11.3 Å². The van der Waals surface area contributed by atoms with Crippen LogP contribution in [-0.4, -0.2) is 0 Å². The van der Waals surface area contributed by atoms with Gasteiger partial charge in [0.1, 0.15) is 11.3 Å². The molecule has 160 valence electrons. The summed E-state index contributed by atoms with van der Waals surface area (Å²) in [5.41, 5.74) is 16.1. The molecule has 2 heteroatoms. The van der Waals surface area contributed by atoms with E-state index in [1.165, 1.54) is 50.1 Å². The van der Waals surface area contributed by atoms with Crippen molar-refractivity contribution in [1.29, 1.82) is 0 Å². The lowest BCUT2D eigenvalue weighted by molar-refractivity contribution is 0.611. The summed E-state index contributed by atoms with van der Waals surface area (Å²) < 4.78 is 6.51. The minimum absolute atomic E-state index is 0.0627. The zero-order chi connectivity index (χ0) is 22.9. The van der Waals surface area contributed by atoms with Crippen LogP contribution in [-0.2, 0) is 0 Å². The van der Waals surface area contributed by atoms with E-state index < -0.39 is 0 Å². The molecule has 1 aliphatic carbocycles. The zero-order valence-corrected chi connectivity index (χ0v) is 20.5. The van der Waals surface area contributed by atoms with Crippen LogP contribution in [0.1, 0.15) is 55.6 Å². The van der Waals surface area contributed by atoms with Gasteiger partial charge in [0.25, 0.3) is 0 Å². The molecule has 31 heavy (non-hydrogen) atoms. The van der Waals surface area contributed by atoms with Crippen LogP contribution in [0.5, 0.6) is 0 Å². The van der Waals surface area contributed by atoms with Crippen molar-refractivity contribution < 1.29 is 4.42 Å². The van der Waals surface area contributed by atoms with Gasteiger partial charge in [-0.15, -0.1) is 0 Å². The fraction of sp³-hybridized carbons (Fsp3) is 0.345. The Morgan fingerprint density at radius 1 is 0.548 bits per heavy atom. The Morgan fingerprint density at radius 3 is 1.68 bits per heavy atom. The molecule has 2 nitrogen and oxygen atoms in total. The van der Waals surface area contributed by atoms with Crippen molar-refractivity contribution in [3.05, 3.63) is 78.0 Å². The van der Waals surface area contributed by atoms with E-state index in [4.69, 9.17) is 4.42 Å². The van der Waals surface area contributed by atoms with E-state index in [2.05, 4.69) is 61.5 Å². The molecule has 0 saturated heterocycles. The molecular weight excluding hydrogens is 380 g/mol. The highest BCUT2D eigenvalue weighted by molar-refractivity contribution is 6.05. The average Bonchev–Trinajstić information content (AvgIpc) is 2.74. The molecular formula is C29H32O2. The summed E-state index contributed by atoms with van der Waals surface area (Å²) in [4.78, 5) is 12.8. The molecule has 0 bridgehead atoms. The molecule has 2 aliphatic rings. The summed E-state index contributed by atoms with van der Waals surface area (Å²) in [7, 11) is 0. The van der Waals surface area contributed by atoms with Gasteiger partial charge in [0.2, 0.25) is 0 Å². The second-order valence-electron chi connectivity index (χ2n) is 9.32. The Hall–Kier alpha value is -2.87. The van der Waals surface area contributed by atoms with Crippen molar-refractivity contribution in [3.63, 3.8) is 0 Å². The highest BCUT2D eigenvalue weighted by Gasteiger charge is 2.26. The van der Waals surface area contributed by atoms with Gasteiger partial charge in [-0.05, 0) is 137 Å². The maximum absolute atomic E-state index is 12.8. The van der Waals surface area contributed by atoms with Gasteiger partial charge in [0, 0.05) is 22.1 Å². The van der Waals surface area contributed by atoms with Gasteiger partial charge in [-0.2, -0.15) is 0 Å². The fourth-order valence-electron chi connectivity index (χ4n) is 5.03. The second-order valence-corrected chi connectivity index (χ2v) is 9.32. The van der Waals surface area contributed by atoms with Gasteiger partial charge in [-0.25, -0.2) is 0 Å². The van der Waals surface area contributed by atoms with Crippen LogP contribution in [0.4, 0.5) is 0 Å². The highest BCUT2D eigenvalue weighted by Crippen LogP contribution is 2.46. The Bertz CT molecular complexity index is 1400. The molecule has 1 aliphatic heterocycles. The Labute approximate surface area is 185 Å². The number of hydrogen-bond donors (Lipinski definition) is 0. The van der Waals surface area contributed by atoms with Gasteiger partial charge >= 0.3 is 0 Å². The first kappa shape index (κ1) is 21.4. The molecule has 0 spiro atoms. The number of hydrogen-bond acceptors (Lipinski definition) is 2. The maximum atomic E-state index is 12.8. The molecule has 1 heterocycles. The molecule has 4 rings (SSSR count). The van der Waals surface area contributed by atoms with Crippen molar-refractivity contribution in [2.45, 2.75) is 69.2 Å². The number of aryl methyl sites for hydroxylation is 3. The molecule has 0 fully saturated rings. The lowest BCUT2D eigenvalue weighted by Gasteiger charge is -2.25. The van der Waals surface area contributed by atoms with Crippen LogP contribution in [0.25, 0.3) is 33.4 Å². The van der Waals surface area contributed by atoms with Crippen molar-refractivity contribution in [2.75, 3.05) is 0 Å². The van der Waals surface area contributed by atoms with E-state index in [9.17, 15) is 4.79 Å². The third-order valence-corrected chi connectivity index (χ3v) is 7.74. The average molecular weight is 413 g/mol. The van der Waals surface area contributed by atoms with Crippen molar-refractivity contribution in [1.82, 2.24) is 0 Å². The topological polar surface area (TPSA) is 30.2 Å². The summed E-state index contributed by atoms with van der Waals surface area (Å²) in [6, 6.07) is 4.28. The normalized spacial score (nSPS) is 11.7. The molecule has 0 atom stereocenters. The van der Waals surface area contributed by atoms with Gasteiger partial charge < -0.3 is 4.42 Å². The Morgan fingerprint density at radius 2 is 1.10 bits per heavy atom. The molecule has 0 aromatic heterocycles. The molecule has 0 N–H and O–H groups in total.